The van der Waals surface area contributed by atoms with Crippen molar-refractivity contribution in [1.82, 2.24) is 4.98 Å². The van der Waals surface area contributed by atoms with Crippen LogP contribution in [-0.4, -0.2) is 24.0 Å². The van der Waals surface area contributed by atoms with Crippen molar-refractivity contribution in [3.8, 4) is 11.1 Å². The van der Waals surface area contributed by atoms with E-state index in [-0.39, 0.29) is 11.7 Å². The first-order chi connectivity index (χ1) is 12.1. The zero-order chi connectivity index (χ0) is 17.8. The molecule has 2 N–H and O–H groups in total. The van der Waals surface area contributed by atoms with Crippen LogP contribution in [0.15, 0.2) is 60.8 Å². The minimum Gasteiger partial charge on any atom is -0.465 e. The van der Waals surface area contributed by atoms with Crippen molar-refractivity contribution >= 4 is 17.6 Å². The number of halogens is 1. The molecule has 1 heterocycles. The molecule has 3 rings (SSSR count). The molecule has 0 spiro atoms. The molecule has 0 aliphatic rings. The molecule has 0 bridgehead atoms. The van der Waals surface area contributed by atoms with Crippen LogP contribution < -0.4 is 5.32 Å². The lowest BCUT2D eigenvalue weighted by Gasteiger charge is -2.05. The average molecular weight is 338 g/mol. The van der Waals surface area contributed by atoms with E-state index in [4.69, 9.17) is 0 Å². The number of aromatic amines is 1. The molecule has 1 aromatic heterocycles. The number of ether oxygens (including phenoxy) is 1. The summed E-state index contributed by atoms with van der Waals surface area (Å²) in [6, 6.07) is 14.1. The van der Waals surface area contributed by atoms with E-state index in [1.54, 1.807) is 48.7 Å². The topological polar surface area (TPSA) is 71.2 Å². The molecule has 3 aromatic rings. The number of hydrogen-bond acceptors (Lipinski definition) is 3. The van der Waals surface area contributed by atoms with Crippen molar-refractivity contribution in [2.75, 3.05) is 12.4 Å². The summed E-state index contributed by atoms with van der Waals surface area (Å²) < 4.78 is 17.6. The number of aromatic nitrogens is 1. The molecule has 25 heavy (non-hydrogen) atoms. The zero-order valence-electron chi connectivity index (χ0n) is 13.4. The van der Waals surface area contributed by atoms with Gasteiger partial charge >= 0.3 is 5.97 Å². The first kappa shape index (κ1) is 16.4. The second-order valence-electron chi connectivity index (χ2n) is 5.33. The Bertz CT molecular complexity index is 899. The molecule has 0 radical (unpaired) electrons. The Morgan fingerprint density at radius 1 is 1.00 bits per heavy atom. The largest absolute Gasteiger partial charge is 0.465 e. The van der Waals surface area contributed by atoms with Crippen molar-refractivity contribution < 1.29 is 18.7 Å². The van der Waals surface area contributed by atoms with Gasteiger partial charge in [0.05, 0.1) is 12.7 Å². The number of carbonyl (C=O) groups excluding carboxylic acids is 2. The van der Waals surface area contributed by atoms with Crippen LogP contribution in [0.5, 0.6) is 0 Å². The number of carbonyl (C=O) groups is 2. The first-order valence-electron chi connectivity index (χ1n) is 7.51. The van der Waals surface area contributed by atoms with Gasteiger partial charge in [-0.2, -0.15) is 0 Å². The quantitative estimate of drug-likeness (QED) is 0.710. The molecule has 6 heteroatoms. The van der Waals surface area contributed by atoms with Gasteiger partial charge in [-0.05, 0) is 53.6 Å². The normalized spacial score (nSPS) is 10.3. The Balaban J connectivity index is 1.71. The fourth-order valence-electron chi connectivity index (χ4n) is 2.34. The predicted octanol–water partition coefficient (Wildman–Crippen LogP) is 3.86. The molecular formula is C19H15FN2O3. The van der Waals surface area contributed by atoms with Crippen molar-refractivity contribution in [2.24, 2.45) is 0 Å². The van der Waals surface area contributed by atoms with Crippen LogP contribution in [0.1, 0.15) is 20.8 Å². The van der Waals surface area contributed by atoms with Gasteiger partial charge in [0.2, 0.25) is 0 Å². The maximum atomic E-state index is 13.0. The summed E-state index contributed by atoms with van der Waals surface area (Å²) in [6.07, 6.45) is 1.68. The number of benzene rings is 2. The summed E-state index contributed by atoms with van der Waals surface area (Å²) in [7, 11) is 1.31. The molecule has 0 saturated heterocycles. The van der Waals surface area contributed by atoms with Gasteiger partial charge in [0.25, 0.3) is 5.91 Å². The molecule has 126 valence electrons. The van der Waals surface area contributed by atoms with E-state index in [9.17, 15) is 14.0 Å². The first-order valence-corrected chi connectivity index (χ1v) is 7.51. The molecule has 0 unspecified atom stereocenters. The molecule has 0 atom stereocenters. The third-order valence-electron chi connectivity index (χ3n) is 3.67. The maximum absolute atomic E-state index is 13.0. The van der Waals surface area contributed by atoms with Gasteiger partial charge in [0.1, 0.15) is 11.5 Å². The van der Waals surface area contributed by atoms with E-state index in [1.165, 1.54) is 19.2 Å². The minimum atomic E-state index is -0.439. The summed E-state index contributed by atoms with van der Waals surface area (Å²) in [4.78, 5) is 26.6. The second kappa shape index (κ2) is 7.00. The molecule has 2 aromatic carbocycles. The van der Waals surface area contributed by atoms with E-state index in [1.807, 2.05) is 0 Å². The number of rotatable bonds is 4. The van der Waals surface area contributed by atoms with Crippen LogP contribution in [0.4, 0.5) is 10.1 Å². The summed E-state index contributed by atoms with van der Waals surface area (Å²) in [6.45, 7) is 0. The predicted molar refractivity (Wildman–Crippen MR) is 91.9 cm³/mol. The molecule has 5 nitrogen and oxygen atoms in total. The SMILES string of the molecule is COC(=O)c1ccc(NC(=O)c2cc(-c3ccc(F)cc3)c[nH]2)cc1. The molecular weight excluding hydrogens is 323 g/mol. The van der Waals surface area contributed by atoms with Gasteiger partial charge in [-0.3, -0.25) is 4.79 Å². The fourth-order valence-corrected chi connectivity index (χ4v) is 2.34. The van der Waals surface area contributed by atoms with Crippen LogP contribution in [0, 0.1) is 5.82 Å². The van der Waals surface area contributed by atoms with Gasteiger partial charge in [-0.25, -0.2) is 9.18 Å². The molecule has 1 amide bonds. The van der Waals surface area contributed by atoms with E-state index in [0.717, 1.165) is 11.1 Å². The third kappa shape index (κ3) is 3.74. The van der Waals surface area contributed by atoms with Crippen molar-refractivity contribution in [1.29, 1.82) is 0 Å². The van der Waals surface area contributed by atoms with E-state index in [2.05, 4.69) is 15.0 Å². The van der Waals surface area contributed by atoms with Crippen LogP contribution in [-0.2, 0) is 4.74 Å². The number of esters is 1. The van der Waals surface area contributed by atoms with Crippen molar-refractivity contribution in [3.05, 3.63) is 77.9 Å². The molecule has 0 saturated carbocycles. The highest BCUT2D eigenvalue weighted by Crippen LogP contribution is 2.21. The highest BCUT2D eigenvalue weighted by molar-refractivity contribution is 6.04. The lowest BCUT2D eigenvalue weighted by Crippen LogP contribution is -2.12. The number of anilines is 1. The van der Waals surface area contributed by atoms with Gasteiger partial charge in [-0.15, -0.1) is 0 Å². The number of H-pyrrole nitrogens is 1. The smallest absolute Gasteiger partial charge is 0.337 e. The summed E-state index contributed by atoms with van der Waals surface area (Å²) in [5.41, 5.74) is 2.91. The Labute approximate surface area is 143 Å². The minimum absolute atomic E-state index is 0.312. The fraction of sp³-hybridized carbons (Fsp3) is 0.0526. The lowest BCUT2D eigenvalue weighted by atomic mass is 10.1. The van der Waals surface area contributed by atoms with Crippen molar-refractivity contribution in [2.45, 2.75) is 0 Å². The van der Waals surface area contributed by atoms with Crippen LogP contribution in [0.25, 0.3) is 11.1 Å². The van der Waals surface area contributed by atoms with Gasteiger partial charge in [0.15, 0.2) is 0 Å². The highest BCUT2D eigenvalue weighted by Gasteiger charge is 2.11. The van der Waals surface area contributed by atoms with Gasteiger partial charge in [-0.1, -0.05) is 12.1 Å². The monoisotopic (exact) mass is 338 g/mol. The molecule has 0 aliphatic heterocycles. The van der Waals surface area contributed by atoms with Gasteiger partial charge < -0.3 is 15.0 Å². The van der Waals surface area contributed by atoms with Crippen molar-refractivity contribution in [3.63, 3.8) is 0 Å². The third-order valence-corrected chi connectivity index (χ3v) is 3.67. The Kier molecular flexibility index (Phi) is 4.61. The number of hydrogen-bond donors (Lipinski definition) is 2. The summed E-state index contributed by atoms with van der Waals surface area (Å²) >= 11 is 0. The Morgan fingerprint density at radius 2 is 1.68 bits per heavy atom. The van der Waals surface area contributed by atoms with Gasteiger partial charge in [0, 0.05) is 11.9 Å². The van der Waals surface area contributed by atoms with Crippen LogP contribution in [0.2, 0.25) is 0 Å². The molecule has 0 fully saturated rings. The van der Waals surface area contributed by atoms with E-state index in [0.29, 0.717) is 16.9 Å². The average Bonchev–Trinajstić information content (AvgIpc) is 3.12. The standard InChI is InChI=1S/C19H15FN2O3/c1-25-19(24)13-4-8-16(9-5-13)22-18(23)17-10-14(11-21-17)12-2-6-15(20)7-3-12/h2-11,21H,1H3,(H,22,23). The summed E-state index contributed by atoms with van der Waals surface area (Å²) in [5, 5.41) is 2.73. The zero-order valence-corrected chi connectivity index (χ0v) is 13.4. The Morgan fingerprint density at radius 3 is 2.32 bits per heavy atom. The summed E-state index contributed by atoms with van der Waals surface area (Å²) in [5.74, 6) is -1.07. The van der Waals surface area contributed by atoms with E-state index < -0.39 is 5.97 Å². The number of amides is 1. The second-order valence-corrected chi connectivity index (χ2v) is 5.33. The highest BCUT2D eigenvalue weighted by atomic mass is 19.1. The maximum Gasteiger partial charge on any atom is 0.337 e. The number of methoxy groups -OCH3 is 1. The van der Waals surface area contributed by atoms with Crippen LogP contribution in [0.3, 0.4) is 0 Å². The van der Waals surface area contributed by atoms with Crippen LogP contribution >= 0.6 is 0 Å². The number of nitrogens with one attached hydrogen (secondary N) is 2. The van der Waals surface area contributed by atoms with E-state index >= 15 is 0 Å². The lowest BCUT2D eigenvalue weighted by molar-refractivity contribution is 0.0600. The Hall–Kier alpha value is -3.41. The molecule has 0 aliphatic carbocycles.